The second-order valence-electron chi connectivity index (χ2n) is 21.8. The minimum Gasteiger partial charge on any atom is -0.310 e. The second kappa shape index (κ2) is 23.0. The number of anilines is 9. The first-order valence-corrected chi connectivity index (χ1v) is 30.1. The van der Waals surface area contributed by atoms with E-state index in [-0.39, 0.29) is 0 Å². The van der Waals surface area contributed by atoms with Gasteiger partial charge in [0.05, 0.1) is 17.1 Å². The van der Waals surface area contributed by atoms with Crippen LogP contribution in [0.4, 0.5) is 51.2 Å². The summed E-state index contributed by atoms with van der Waals surface area (Å²) in [4.78, 5) is 7.29. The molecule has 1 aromatic heterocycles. The molecule has 0 saturated carbocycles. The Bertz CT molecular complexity index is 4660. The second-order valence-corrected chi connectivity index (χ2v) is 22.8. The zero-order valence-electron chi connectivity index (χ0n) is 47.2. The summed E-state index contributed by atoms with van der Waals surface area (Å²) >= 11 is 1.85. The molecular formula is C82H57N3S. The number of rotatable bonds is 14. The Morgan fingerprint density at radius 1 is 0.163 bits per heavy atom. The van der Waals surface area contributed by atoms with E-state index in [0.29, 0.717) is 0 Å². The molecule has 86 heavy (non-hydrogen) atoms. The van der Waals surface area contributed by atoms with Crippen molar-refractivity contribution in [2.45, 2.75) is 0 Å². The molecule has 15 rings (SSSR count). The molecule has 3 nitrogen and oxygen atoms in total. The van der Waals surface area contributed by atoms with Gasteiger partial charge in [0.2, 0.25) is 0 Å². The lowest BCUT2D eigenvalue weighted by Crippen LogP contribution is -2.16. The number of fused-ring (bicyclic) bond motifs is 4. The number of nitrogens with zero attached hydrogens (tertiary/aromatic N) is 3. The molecule has 0 N–H and O–H groups in total. The largest absolute Gasteiger partial charge is 0.310 e. The minimum absolute atomic E-state index is 0.985. The van der Waals surface area contributed by atoms with Gasteiger partial charge >= 0.3 is 0 Å². The predicted molar refractivity (Wildman–Crippen MR) is 368 cm³/mol. The number of thiophene rings is 1. The molecule has 0 radical (unpaired) electrons. The van der Waals surface area contributed by atoms with Crippen molar-refractivity contribution in [1.82, 2.24) is 0 Å². The Morgan fingerprint density at radius 3 is 0.965 bits per heavy atom. The average Bonchev–Trinajstić information content (AvgIpc) is 3.11. The molecule has 0 aliphatic carbocycles. The van der Waals surface area contributed by atoms with E-state index in [9.17, 15) is 0 Å². The van der Waals surface area contributed by atoms with Crippen LogP contribution >= 0.6 is 11.3 Å². The van der Waals surface area contributed by atoms with Crippen LogP contribution in [-0.4, -0.2) is 0 Å². The molecular weight excluding hydrogens is 1060 g/mol. The predicted octanol–water partition coefficient (Wildman–Crippen LogP) is 24.0. The van der Waals surface area contributed by atoms with Gasteiger partial charge in [-0.15, -0.1) is 11.3 Å². The van der Waals surface area contributed by atoms with E-state index < -0.39 is 0 Å². The average molecular weight is 1120 g/mol. The molecule has 1 heterocycles. The van der Waals surface area contributed by atoms with Crippen LogP contribution in [0.25, 0.3) is 86.6 Å². The van der Waals surface area contributed by atoms with Crippen LogP contribution in [0.5, 0.6) is 0 Å². The molecule has 0 aliphatic heterocycles. The third-order valence-electron chi connectivity index (χ3n) is 16.4. The molecule has 0 spiro atoms. The molecule has 15 aromatic rings. The van der Waals surface area contributed by atoms with Crippen LogP contribution in [0.3, 0.4) is 0 Å². The molecule has 0 fully saturated rings. The van der Waals surface area contributed by atoms with Crippen LogP contribution in [0.2, 0.25) is 0 Å². The fraction of sp³-hybridized carbons (Fsp3) is 0. The van der Waals surface area contributed by atoms with Crippen molar-refractivity contribution in [3.63, 3.8) is 0 Å². The van der Waals surface area contributed by atoms with Gasteiger partial charge in [-0.2, -0.15) is 0 Å². The Morgan fingerprint density at radius 2 is 0.488 bits per heavy atom. The molecule has 0 unspecified atom stereocenters. The summed E-state index contributed by atoms with van der Waals surface area (Å²) in [5, 5.41) is 4.93. The number of hydrogen-bond acceptors (Lipinski definition) is 4. The van der Waals surface area contributed by atoms with Crippen LogP contribution in [-0.2, 0) is 0 Å². The van der Waals surface area contributed by atoms with E-state index in [2.05, 4.69) is 360 Å². The highest BCUT2D eigenvalue weighted by Crippen LogP contribution is 2.48. The van der Waals surface area contributed by atoms with E-state index in [1.165, 1.54) is 42.2 Å². The van der Waals surface area contributed by atoms with E-state index >= 15 is 0 Å². The van der Waals surface area contributed by atoms with Crippen molar-refractivity contribution in [3.8, 4) is 55.6 Å². The smallest absolute Gasteiger partial charge is 0.0503 e. The third-order valence-corrected chi connectivity index (χ3v) is 17.5. The van der Waals surface area contributed by atoms with Crippen LogP contribution in [0.1, 0.15) is 0 Å². The van der Waals surface area contributed by atoms with Gasteiger partial charge in [0.1, 0.15) is 0 Å². The number of hydrogen-bond donors (Lipinski definition) is 0. The first-order valence-electron chi connectivity index (χ1n) is 29.3. The van der Waals surface area contributed by atoms with E-state index in [1.807, 2.05) is 11.3 Å². The highest BCUT2D eigenvalue weighted by molar-refractivity contribution is 7.25. The molecule has 0 amide bonds. The maximum atomic E-state index is 2.44. The summed E-state index contributed by atoms with van der Waals surface area (Å²) < 4.78 is 2.60. The maximum Gasteiger partial charge on any atom is 0.0503 e. The van der Waals surface area contributed by atoms with Crippen molar-refractivity contribution in [2.75, 3.05) is 14.7 Å². The summed E-state index contributed by atoms with van der Waals surface area (Å²) in [6.45, 7) is 0. The molecule has 0 aliphatic rings. The van der Waals surface area contributed by atoms with Gasteiger partial charge in [-0.25, -0.2) is 0 Å². The quantitative estimate of drug-likeness (QED) is 0.107. The Hall–Kier alpha value is -11.0. The van der Waals surface area contributed by atoms with E-state index in [1.54, 1.807) is 0 Å². The fourth-order valence-electron chi connectivity index (χ4n) is 12.1. The lowest BCUT2D eigenvalue weighted by molar-refractivity contribution is 1.22. The summed E-state index contributed by atoms with van der Waals surface area (Å²) in [5.74, 6) is 0. The number of benzene rings is 14. The van der Waals surface area contributed by atoms with Crippen LogP contribution in [0.15, 0.2) is 346 Å². The topological polar surface area (TPSA) is 9.72 Å². The monoisotopic (exact) mass is 1120 g/mol. The standard InChI is InChI=1S/C82H57N3S/c1-5-19-58(20-6-1)63-35-43-70(44-36-63)83(73-31-17-29-67(51-73)60-23-9-3-10-24-60)76-55-77(84(71-45-37-64(38-46-71)59-21-7-2-8-22-59)74-32-18-30-68(52-74)61-25-11-4-12-26-61)57-78(56-76)85(75-49-41-62-27-13-14-28-66(62)53-75)72-47-39-65(40-48-72)69-42-50-82-80(54-69)79-33-15-16-34-81(79)86-82/h1-57H. The van der Waals surface area contributed by atoms with Crippen LogP contribution < -0.4 is 14.7 Å². The zero-order chi connectivity index (χ0) is 57.2. The first-order chi connectivity index (χ1) is 42.6. The van der Waals surface area contributed by atoms with Gasteiger partial charge in [0.25, 0.3) is 0 Å². The Balaban J connectivity index is 0.976. The minimum atomic E-state index is 0.985. The van der Waals surface area contributed by atoms with Gasteiger partial charge in [0.15, 0.2) is 0 Å². The molecule has 4 heteroatoms. The Labute approximate surface area is 506 Å². The fourth-order valence-corrected chi connectivity index (χ4v) is 13.2. The van der Waals surface area contributed by atoms with Gasteiger partial charge in [-0.3, -0.25) is 0 Å². The van der Waals surface area contributed by atoms with Gasteiger partial charge in [-0.05, 0) is 176 Å². The first kappa shape index (κ1) is 51.8. The summed E-state index contributed by atoms with van der Waals surface area (Å²) in [7, 11) is 0. The molecule has 14 aromatic carbocycles. The summed E-state index contributed by atoms with van der Waals surface area (Å²) in [6.07, 6.45) is 0. The normalized spacial score (nSPS) is 11.3. The van der Waals surface area contributed by atoms with Gasteiger partial charge in [0, 0.05) is 54.3 Å². The zero-order valence-corrected chi connectivity index (χ0v) is 48.0. The Kier molecular flexibility index (Phi) is 13.8. The lowest BCUT2D eigenvalue weighted by Gasteiger charge is -2.33. The van der Waals surface area contributed by atoms with Crippen molar-refractivity contribution in [2.24, 2.45) is 0 Å². The lowest BCUT2D eigenvalue weighted by atomic mass is 10.0. The molecule has 0 bridgehead atoms. The van der Waals surface area contributed by atoms with Crippen molar-refractivity contribution >= 4 is 93.5 Å². The molecule has 406 valence electrons. The van der Waals surface area contributed by atoms with Crippen molar-refractivity contribution < 1.29 is 0 Å². The third kappa shape index (κ3) is 10.4. The van der Waals surface area contributed by atoms with Gasteiger partial charge in [-0.1, -0.05) is 237 Å². The molecule has 0 atom stereocenters. The SMILES string of the molecule is c1ccc(-c2ccc(N(c3cccc(-c4ccccc4)c3)c3cc(N(c4ccc(-c5ccccc5)cc4)c4cccc(-c5ccccc5)c4)cc(N(c4ccc(-c5ccc6sc7ccccc7c6c5)cc4)c4ccc5ccccc5c4)c3)cc2)cc1. The van der Waals surface area contributed by atoms with Crippen molar-refractivity contribution in [1.29, 1.82) is 0 Å². The highest BCUT2D eigenvalue weighted by atomic mass is 32.1. The van der Waals surface area contributed by atoms with Gasteiger partial charge < -0.3 is 14.7 Å². The summed E-state index contributed by atoms with van der Waals surface area (Å²) in [5.41, 5.74) is 20.7. The maximum absolute atomic E-state index is 2.44. The van der Waals surface area contributed by atoms with Crippen LogP contribution in [0, 0.1) is 0 Å². The van der Waals surface area contributed by atoms with E-state index in [0.717, 1.165) is 95.5 Å². The van der Waals surface area contributed by atoms with E-state index in [4.69, 9.17) is 0 Å². The van der Waals surface area contributed by atoms with Crippen molar-refractivity contribution in [3.05, 3.63) is 346 Å². The highest BCUT2D eigenvalue weighted by Gasteiger charge is 2.24. The molecule has 0 saturated heterocycles. The summed E-state index contributed by atoms with van der Waals surface area (Å²) in [6, 6.07) is 126.